The van der Waals surface area contributed by atoms with Crippen LogP contribution in [0.3, 0.4) is 0 Å². The second kappa shape index (κ2) is 4.63. The molecule has 0 atom stereocenters. The van der Waals surface area contributed by atoms with Crippen LogP contribution in [-0.2, 0) is 0 Å². The number of carbonyl (C=O) groups is 1. The molecule has 88 valence electrons. The number of aromatic nitrogens is 2. The average Bonchev–Trinajstić information content (AvgIpc) is 2.78. The van der Waals surface area contributed by atoms with E-state index in [1.807, 2.05) is 31.4 Å². The molecule has 0 unspecified atom stereocenters. The molecule has 1 aromatic heterocycles. The van der Waals surface area contributed by atoms with Crippen LogP contribution in [0.4, 0.5) is 0 Å². The Kier molecular flexibility index (Phi) is 3.19. The van der Waals surface area contributed by atoms with Crippen molar-refractivity contribution in [1.82, 2.24) is 10.2 Å². The third-order valence-corrected chi connectivity index (χ3v) is 3.40. The van der Waals surface area contributed by atoms with Crippen molar-refractivity contribution in [2.24, 2.45) is 0 Å². The number of nitrogens with one attached hydrogen (secondary N) is 1. The van der Waals surface area contributed by atoms with Gasteiger partial charge in [-0.25, -0.2) is 4.79 Å². The minimum atomic E-state index is -0.999. The van der Waals surface area contributed by atoms with Crippen LogP contribution >= 0.6 is 11.8 Å². The Balaban J connectivity index is 2.39. The van der Waals surface area contributed by atoms with E-state index in [0.29, 0.717) is 5.69 Å². The van der Waals surface area contributed by atoms with Crippen molar-refractivity contribution in [2.75, 3.05) is 6.26 Å². The molecule has 2 rings (SSSR count). The van der Waals surface area contributed by atoms with E-state index in [-0.39, 0.29) is 5.69 Å². The van der Waals surface area contributed by atoms with Crippen molar-refractivity contribution in [1.29, 1.82) is 0 Å². The zero-order chi connectivity index (χ0) is 12.4. The number of aromatic amines is 1. The predicted molar refractivity (Wildman–Crippen MR) is 67.5 cm³/mol. The number of hydrogen-bond acceptors (Lipinski definition) is 3. The van der Waals surface area contributed by atoms with Crippen molar-refractivity contribution in [3.05, 3.63) is 35.5 Å². The molecule has 1 heterocycles. The Bertz CT molecular complexity index is 563. The second-order valence-electron chi connectivity index (χ2n) is 3.66. The molecule has 5 heteroatoms. The molecule has 4 nitrogen and oxygen atoms in total. The first-order valence-electron chi connectivity index (χ1n) is 5.05. The predicted octanol–water partition coefficient (Wildman–Crippen LogP) is 2.81. The van der Waals surface area contributed by atoms with Crippen LogP contribution in [0.5, 0.6) is 0 Å². The molecule has 0 aliphatic rings. The van der Waals surface area contributed by atoms with E-state index in [1.54, 1.807) is 11.8 Å². The first kappa shape index (κ1) is 11.7. The monoisotopic (exact) mass is 248 g/mol. The number of thioether (sulfide) groups is 1. The van der Waals surface area contributed by atoms with E-state index in [9.17, 15) is 4.79 Å². The normalized spacial score (nSPS) is 10.5. The first-order valence-corrected chi connectivity index (χ1v) is 6.28. The lowest BCUT2D eigenvalue weighted by Crippen LogP contribution is -1.95. The van der Waals surface area contributed by atoms with E-state index < -0.39 is 5.97 Å². The molecule has 0 aliphatic carbocycles. The van der Waals surface area contributed by atoms with Gasteiger partial charge in [-0.2, -0.15) is 5.10 Å². The Morgan fingerprint density at radius 1 is 1.41 bits per heavy atom. The highest BCUT2D eigenvalue weighted by atomic mass is 32.2. The lowest BCUT2D eigenvalue weighted by Gasteiger charge is -2.03. The summed E-state index contributed by atoms with van der Waals surface area (Å²) in [7, 11) is 0. The zero-order valence-electron chi connectivity index (χ0n) is 9.52. The number of carboxylic acid groups (broad SMARTS) is 1. The Morgan fingerprint density at radius 3 is 2.71 bits per heavy atom. The summed E-state index contributed by atoms with van der Waals surface area (Å²) in [6.45, 7) is 2.03. The number of aromatic carboxylic acids is 1. The minimum Gasteiger partial charge on any atom is -0.477 e. The van der Waals surface area contributed by atoms with Gasteiger partial charge in [-0.1, -0.05) is 6.07 Å². The van der Waals surface area contributed by atoms with Gasteiger partial charge in [0.05, 0.1) is 5.69 Å². The smallest absolute Gasteiger partial charge is 0.353 e. The highest BCUT2D eigenvalue weighted by Crippen LogP contribution is 2.25. The fourth-order valence-electron chi connectivity index (χ4n) is 1.62. The van der Waals surface area contributed by atoms with Gasteiger partial charge in [0.25, 0.3) is 0 Å². The quantitative estimate of drug-likeness (QED) is 0.820. The fourth-order valence-corrected chi connectivity index (χ4v) is 2.20. The molecule has 2 N–H and O–H groups in total. The second-order valence-corrected chi connectivity index (χ2v) is 4.50. The molecule has 2 aromatic rings. The largest absolute Gasteiger partial charge is 0.477 e. The van der Waals surface area contributed by atoms with Crippen LogP contribution in [0.1, 0.15) is 16.1 Å². The summed E-state index contributed by atoms with van der Waals surface area (Å²) in [5.74, 6) is -0.999. The molecule has 0 bridgehead atoms. The zero-order valence-corrected chi connectivity index (χ0v) is 10.3. The van der Waals surface area contributed by atoms with Gasteiger partial charge in [-0.15, -0.1) is 11.8 Å². The van der Waals surface area contributed by atoms with Crippen molar-refractivity contribution >= 4 is 17.7 Å². The van der Waals surface area contributed by atoms with Gasteiger partial charge in [-0.05, 0) is 36.9 Å². The summed E-state index contributed by atoms with van der Waals surface area (Å²) in [4.78, 5) is 11.9. The standard InChI is InChI=1S/C12H12N2O2S/c1-7-5-8(3-4-11(7)17-2)9-6-10(12(15)16)14-13-9/h3-6H,1-2H3,(H,13,14)(H,15,16). The van der Waals surface area contributed by atoms with Crippen molar-refractivity contribution in [2.45, 2.75) is 11.8 Å². The highest BCUT2D eigenvalue weighted by molar-refractivity contribution is 7.98. The number of rotatable bonds is 3. The van der Waals surface area contributed by atoms with E-state index in [0.717, 1.165) is 11.1 Å². The topological polar surface area (TPSA) is 66.0 Å². The molecule has 0 saturated carbocycles. The molecule has 1 aromatic carbocycles. The number of benzene rings is 1. The molecule has 17 heavy (non-hydrogen) atoms. The first-order chi connectivity index (χ1) is 8.11. The Labute approximate surface area is 103 Å². The summed E-state index contributed by atoms with van der Waals surface area (Å²) in [6.07, 6.45) is 2.03. The van der Waals surface area contributed by atoms with Crippen LogP contribution in [0.2, 0.25) is 0 Å². The number of carboxylic acids is 1. The van der Waals surface area contributed by atoms with E-state index in [2.05, 4.69) is 10.2 Å². The van der Waals surface area contributed by atoms with Gasteiger partial charge in [0.1, 0.15) is 5.69 Å². The van der Waals surface area contributed by atoms with Crippen LogP contribution in [-0.4, -0.2) is 27.5 Å². The number of H-pyrrole nitrogens is 1. The molecular weight excluding hydrogens is 236 g/mol. The molecular formula is C12H12N2O2S. The van der Waals surface area contributed by atoms with E-state index in [4.69, 9.17) is 5.11 Å². The maximum atomic E-state index is 10.7. The average molecular weight is 248 g/mol. The van der Waals surface area contributed by atoms with Crippen molar-refractivity contribution in [3.8, 4) is 11.3 Å². The maximum absolute atomic E-state index is 10.7. The summed E-state index contributed by atoms with van der Waals surface area (Å²) in [6, 6.07) is 7.51. The molecule has 0 spiro atoms. The molecule has 0 radical (unpaired) electrons. The summed E-state index contributed by atoms with van der Waals surface area (Å²) >= 11 is 1.69. The molecule has 0 fully saturated rings. The fraction of sp³-hybridized carbons (Fsp3) is 0.167. The summed E-state index contributed by atoms with van der Waals surface area (Å²) in [5, 5.41) is 15.3. The van der Waals surface area contributed by atoms with Gasteiger partial charge in [-0.3, -0.25) is 5.10 Å². The van der Waals surface area contributed by atoms with Gasteiger partial charge >= 0.3 is 5.97 Å². The number of aryl methyl sites for hydroxylation is 1. The van der Waals surface area contributed by atoms with Crippen LogP contribution in [0, 0.1) is 6.92 Å². The van der Waals surface area contributed by atoms with Gasteiger partial charge < -0.3 is 5.11 Å². The summed E-state index contributed by atoms with van der Waals surface area (Å²) in [5.41, 5.74) is 2.84. The Hall–Kier alpha value is -1.75. The van der Waals surface area contributed by atoms with Gasteiger partial charge in [0.15, 0.2) is 0 Å². The lowest BCUT2D eigenvalue weighted by molar-refractivity contribution is 0.0690. The lowest BCUT2D eigenvalue weighted by atomic mass is 10.1. The molecule has 0 amide bonds. The summed E-state index contributed by atoms with van der Waals surface area (Å²) < 4.78 is 0. The van der Waals surface area contributed by atoms with E-state index in [1.165, 1.54) is 11.0 Å². The van der Waals surface area contributed by atoms with Gasteiger partial charge in [0, 0.05) is 10.5 Å². The maximum Gasteiger partial charge on any atom is 0.353 e. The van der Waals surface area contributed by atoms with Gasteiger partial charge in [0.2, 0.25) is 0 Å². The van der Waals surface area contributed by atoms with Crippen LogP contribution in [0.15, 0.2) is 29.2 Å². The minimum absolute atomic E-state index is 0.103. The van der Waals surface area contributed by atoms with Crippen LogP contribution in [0.25, 0.3) is 11.3 Å². The molecule has 0 saturated heterocycles. The third kappa shape index (κ3) is 2.34. The SMILES string of the molecule is CSc1ccc(-c2cc(C(=O)O)[nH]n2)cc1C. The molecule has 0 aliphatic heterocycles. The Morgan fingerprint density at radius 2 is 2.18 bits per heavy atom. The van der Waals surface area contributed by atoms with Crippen molar-refractivity contribution < 1.29 is 9.90 Å². The van der Waals surface area contributed by atoms with Crippen molar-refractivity contribution in [3.63, 3.8) is 0 Å². The third-order valence-electron chi connectivity index (χ3n) is 2.50. The van der Waals surface area contributed by atoms with E-state index >= 15 is 0 Å². The number of nitrogens with zero attached hydrogens (tertiary/aromatic N) is 1. The highest BCUT2D eigenvalue weighted by Gasteiger charge is 2.09. The van der Waals surface area contributed by atoms with Crippen LogP contribution < -0.4 is 0 Å². The number of hydrogen-bond donors (Lipinski definition) is 2.